The SMILES string of the molecule is CC(C)C(C)C1(C)C(=O)CC2(C)C3=C(CCC2(C)C1C(=O)O)C1(C)CC(O)C(O)C(C)(C)C1CC3. The largest absolute Gasteiger partial charge is 0.481 e. The van der Waals surface area contributed by atoms with E-state index in [2.05, 4.69) is 55.4 Å². The van der Waals surface area contributed by atoms with Crippen molar-refractivity contribution in [2.75, 3.05) is 0 Å². The number of carboxylic acids is 1. The average Bonchev–Trinajstić information content (AvgIpc) is 2.73. The van der Waals surface area contributed by atoms with E-state index >= 15 is 0 Å². The third-order valence-corrected chi connectivity index (χ3v) is 12.5. The molecule has 9 unspecified atom stereocenters. The van der Waals surface area contributed by atoms with Crippen molar-refractivity contribution in [3.8, 4) is 0 Å². The first kappa shape index (κ1) is 26.9. The third-order valence-electron chi connectivity index (χ3n) is 12.5. The first-order chi connectivity index (χ1) is 15.9. The Morgan fingerprint density at radius 2 is 1.57 bits per heavy atom. The molecule has 0 saturated heterocycles. The normalized spacial score (nSPS) is 48.2. The summed E-state index contributed by atoms with van der Waals surface area (Å²) in [6.07, 6.45) is 2.63. The number of carbonyl (C=O) groups excluding carboxylic acids is 1. The highest BCUT2D eigenvalue weighted by Gasteiger charge is 2.70. The fraction of sp³-hybridized carbons (Fsp3) is 0.867. The van der Waals surface area contributed by atoms with Crippen LogP contribution in [0.2, 0.25) is 0 Å². The summed E-state index contributed by atoms with van der Waals surface area (Å²) in [5.41, 5.74) is -0.00281. The molecule has 0 bridgehead atoms. The summed E-state index contributed by atoms with van der Waals surface area (Å²) >= 11 is 0. The highest BCUT2D eigenvalue weighted by molar-refractivity contribution is 5.93. The Balaban J connectivity index is 1.89. The van der Waals surface area contributed by atoms with Gasteiger partial charge in [-0.1, -0.05) is 73.5 Å². The molecule has 5 nitrogen and oxygen atoms in total. The number of carboxylic acid groups (broad SMARTS) is 1. The van der Waals surface area contributed by atoms with Gasteiger partial charge in [-0.25, -0.2) is 0 Å². The van der Waals surface area contributed by atoms with Crippen LogP contribution < -0.4 is 0 Å². The predicted octanol–water partition coefficient (Wildman–Crippen LogP) is 5.63. The van der Waals surface area contributed by atoms with Crippen molar-refractivity contribution in [3.05, 3.63) is 11.1 Å². The predicted molar refractivity (Wildman–Crippen MR) is 137 cm³/mol. The Hall–Kier alpha value is -1.20. The number of hydrogen-bond acceptors (Lipinski definition) is 4. The molecule has 4 rings (SSSR count). The van der Waals surface area contributed by atoms with Crippen LogP contribution in [0.1, 0.15) is 101 Å². The van der Waals surface area contributed by atoms with Gasteiger partial charge in [-0.2, -0.15) is 0 Å². The van der Waals surface area contributed by atoms with Crippen LogP contribution in [0.25, 0.3) is 0 Å². The molecular weight excluding hydrogens is 440 g/mol. The van der Waals surface area contributed by atoms with Crippen LogP contribution in [-0.2, 0) is 9.59 Å². The van der Waals surface area contributed by atoms with Crippen LogP contribution in [0.5, 0.6) is 0 Å². The highest BCUT2D eigenvalue weighted by Crippen LogP contribution is 2.72. The highest BCUT2D eigenvalue weighted by atomic mass is 16.4. The van der Waals surface area contributed by atoms with Crippen LogP contribution in [0, 0.1) is 50.7 Å². The van der Waals surface area contributed by atoms with Crippen molar-refractivity contribution >= 4 is 11.8 Å². The van der Waals surface area contributed by atoms with Gasteiger partial charge in [-0.05, 0) is 66.1 Å². The molecule has 0 aromatic rings. The summed E-state index contributed by atoms with van der Waals surface area (Å²) in [5.74, 6) is -1.08. The number of Topliss-reactive ketones (excluding diaryl/α,β-unsaturated/α-hetero) is 1. The van der Waals surface area contributed by atoms with Crippen LogP contribution in [-0.4, -0.2) is 39.3 Å². The number of aliphatic hydroxyl groups excluding tert-OH is 2. The van der Waals surface area contributed by atoms with E-state index < -0.39 is 45.8 Å². The lowest BCUT2D eigenvalue weighted by atomic mass is 9.36. The molecule has 0 amide bonds. The molecule has 5 heteroatoms. The monoisotopic (exact) mass is 488 g/mol. The van der Waals surface area contributed by atoms with Crippen molar-refractivity contribution in [1.82, 2.24) is 0 Å². The molecule has 0 radical (unpaired) electrons. The van der Waals surface area contributed by atoms with Crippen molar-refractivity contribution in [2.45, 2.75) is 113 Å². The number of fused-ring (bicyclic) bond motifs is 4. The maximum atomic E-state index is 14.1. The third kappa shape index (κ3) is 3.19. The van der Waals surface area contributed by atoms with E-state index in [4.69, 9.17) is 0 Å². The summed E-state index contributed by atoms with van der Waals surface area (Å²) in [5, 5.41) is 32.4. The van der Waals surface area contributed by atoms with Crippen LogP contribution >= 0.6 is 0 Å². The molecule has 0 spiro atoms. The summed E-state index contributed by atoms with van der Waals surface area (Å²) in [7, 11) is 0. The van der Waals surface area contributed by atoms with Crippen LogP contribution in [0.3, 0.4) is 0 Å². The molecule has 198 valence electrons. The number of hydrogen-bond donors (Lipinski definition) is 3. The number of aliphatic hydroxyl groups is 2. The Bertz CT molecular complexity index is 964. The van der Waals surface area contributed by atoms with Gasteiger partial charge in [-0.15, -0.1) is 0 Å². The number of allylic oxidation sites excluding steroid dienone is 2. The molecule has 0 aliphatic heterocycles. The van der Waals surface area contributed by atoms with Gasteiger partial charge in [0.05, 0.1) is 18.1 Å². The van der Waals surface area contributed by atoms with E-state index in [0.717, 1.165) is 25.7 Å². The number of rotatable bonds is 3. The summed E-state index contributed by atoms with van der Waals surface area (Å²) in [6, 6.07) is 0. The zero-order chi connectivity index (χ0) is 26.5. The lowest BCUT2D eigenvalue weighted by Crippen LogP contribution is -2.66. The number of aliphatic carboxylic acids is 1. The van der Waals surface area contributed by atoms with Gasteiger partial charge in [0.2, 0.25) is 0 Å². The van der Waals surface area contributed by atoms with E-state index in [9.17, 15) is 24.9 Å². The van der Waals surface area contributed by atoms with Crippen molar-refractivity contribution in [2.24, 2.45) is 50.7 Å². The molecule has 2 saturated carbocycles. The Morgan fingerprint density at radius 3 is 2.11 bits per heavy atom. The first-order valence-electron chi connectivity index (χ1n) is 13.8. The minimum atomic E-state index is -0.902. The summed E-state index contributed by atoms with van der Waals surface area (Å²) in [4.78, 5) is 27.1. The second kappa shape index (κ2) is 7.90. The quantitative estimate of drug-likeness (QED) is 0.448. The Labute approximate surface area is 211 Å². The zero-order valence-electron chi connectivity index (χ0n) is 23.4. The number of carbonyl (C=O) groups is 2. The maximum absolute atomic E-state index is 14.1. The fourth-order valence-corrected chi connectivity index (χ4v) is 9.91. The molecule has 3 N–H and O–H groups in total. The second-order valence-electron chi connectivity index (χ2n) is 14.4. The van der Waals surface area contributed by atoms with E-state index in [1.54, 1.807) is 0 Å². The van der Waals surface area contributed by atoms with Gasteiger partial charge < -0.3 is 15.3 Å². The Morgan fingerprint density at radius 1 is 0.971 bits per heavy atom. The topological polar surface area (TPSA) is 94.8 Å². The van der Waals surface area contributed by atoms with Crippen molar-refractivity contribution in [3.63, 3.8) is 0 Å². The summed E-state index contributed by atoms with van der Waals surface area (Å²) < 4.78 is 0. The molecule has 4 aliphatic carbocycles. The van der Waals surface area contributed by atoms with E-state index in [0.29, 0.717) is 12.8 Å². The van der Waals surface area contributed by atoms with Crippen LogP contribution in [0.4, 0.5) is 0 Å². The van der Waals surface area contributed by atoms with Gasteiger partial charge in [-0.3, -0.25) is 9.59 Å². The van der Waals surface area contributed by atoms with E-state index in [-0.39, 0.29) is 29.0 Å². The molecule has 9 atom stereocenters. The van der Waals surface area contributed by atoms with Gasteiger partial charge >= 0.3 is 5.97 Å². The van der Waals surface area contributed by atoms with Gasteiger partial charge in [0, 0.05) is 17.3 Å². The smallest absolute Gasteiger partial charge is 0.308 e. The fourth-order valence-electron chi connectivity index (χ4n) is 9.91. The van der Waals surface area contributed by atoms with Crippen LogP contribution in [0.15, 0.2) is 11.1 Å². The molecule has 4 aliphatic rings. The van der Waals surface area contributed by atoms with Gasteiger partial charge in [0.1, 0.15) is 5.78 Å². The van der Waals surface area contributed by atoms with E-state index in [1.807, 2.05) is 6.92 Å². The van der Waals surface area contributed by atoms with Crippen molar-refractivity contribution in [1.29, 1.82) is 0 Å². The molecule has 0 heterocycles. The molecule has 0 aromatic heterocycles. The van der Waals surface area contributed by atoms with Gasteiger partial charge in [0.25, 0.3) is 0 Å². The number of ketones is 1. The maximum Gasteiger partial charge on any atom is 0.308 e. The second-order valence-corrected chi connectivity index (χ2v) is 14.4. The Kier molecular flexibility index (Phi) is 6.06. The molecule has 2 fully saturated rings. The minimum absolute atomic E-state index is 0.0307. The van der Waals surface area contributed by atoms with Crippen molar-refractivity contribution < 1.29 is 24.9 Å². The first-order valence-corrected chi connectivity index (χ1v) is 13.8. The lowest BCUT2D eigenvalue weighted by Gasteiger charge is -2.67. The molecular formula is C30H48O5. The standard InChI is InChI=1S/C30H48O5/c1-16(2)17(3)30(9)22(32)15-29(8)19-10-11-21-26(4,5)24(33)20(31)14-27(21,6)18(19)12-13-28(29,7)23(30)25(34)35/h16-17,20-21,23-24,31,33H,10-15H2,1-9H3,(H,34,35). The van der Waals surface area contributed by atoms with Gasteiger partial charge in [0.15, 0.2) is 0 Å². The summed E-state index contributed by atoms with van der Waals surface area (Å²) in [6.45, 7) is 18.9. The lowest BCUT2D eigenvalue weighted by molar-refractivity contribution is -0.189. The van der Waals surface area contributed by atoms with E-state index in [1.165, 1.54) is 11.1 Å². The minimum Gasteiger partial charge on any atom is -0.481 e. The molecule has 0 aromatic carbocycles. The zero-order valence-corrected chi connectivity index (χ0v) is 23.4. The molecule has 35 heavy (non-hydrogen) atoms. The average molecular weight is 489 g/mol.